The first-order valence-electron chi connectivity index (χ1n) is 5.70. The Hall–Kier alpha value is -0.680. The van der Waals surface area contributed by atoms with Crippen molar-refractivity contribution in [3.8, 4) is 0 Å². The number of thioether (sulfide) groups is 1. The molecule has 0 amide bonds. The summed E-state index contributed by atoms with van der Waals surface area (Å²) in [7, 11) is -2.76. The minimum atomic E-state index is -2.76. The van der Waals surface area contributed by atoms with Gasteiger partial charge in [0.1, 0.15) is 9.84 Å². The van der Waals surface area contributed by atoms with Crippen LogP contribution in [0, 0.1) is 0 Å². The average Bonchev–Trinajstić information content (AvgIpc) is 2.32. The van der Waals surface area contributed by atoms with Crippen molar-refractivity contribution in [3.63, 3.8) is 0 Å². The largest absolute Gasteiger partial charge is 0.382 e. The first kappa shape index (κ1) is 12.8. The minimum absolute atomic E-state index is 0.288. The highest BCUT2D eigenvalue weighted by Gasteiger charge is 2.23. The van der Waals surface area contributed by atoms with Gasteiger partial charge < -0.3 is 5.32 Å². The van der Waals surface area contributed by atoms with Gasteiger partial charge in [0.2, 0.25) is 0 Å². The van der Waals surface area contributed by atoms with E-state index in [-0.39, 0.29) is 6.04 Å². The van der Waals surface area contributed by atoms with Gasteiger partial charge in [-0.3, -0.25) is 0 Å². The highest BCUT2D eigenvalue weighted by molar-refractivity contribution is 7.98. The lowest BCUT2D eigenvalue weighted by atomic mass is 10.1. The second-order valence-corrected chi connectivity index (χ2v) is 7.49. The standard InChI is InChI=1S/C12H17NO2S2/c1-16-12-4-2-3-11(9-12)13-10-5-7-17(14,15)8-6-10/h2-4,9-10,13H,5-8H2,1H3. The van der Waals surface area contributed by atoms with E-state index in [2.05, 4.69) is 17.4 Å². The van der Waals surface area contributed by atoms with Crippen molar-refractivity contribution in [1.82, 2.24) is 0 Å². The molecule has 1 heterocycles. The normalized spacial score (nSPS) is 20.1. The molecule has 0 unspecified atom stereocenters. The van der Waals surface area contributed by atoms with E-state index >= 15 is 0 Å². The minimum Gasteiger partial charge on any atom is -0.382 e. The predicted molar refractivity (Wildman–Crippen MR) is 73.5 cm³/mol. The summed E-state index contributed by atoms with van der Waals surface area (Å²) < 4.78 is 22.6. The lowest BCUT2D eigenvalue weighted by Crippen LogP contribution is -2.32. The fourth-order valence-corrected chi connectivity index (χ4v) is 3.93. The number of hydrogen-bond acceptors (Lipinski definition) is 4. The Morgan fingerprint density at radius 2 is 2.00 bits per heavy atom. The Bertz CT molecular complexity index is 471. The van der Waals surface area contributed by atoms with Gasteiger partial charge in [0.15, 0.2) is 0 Å². The first-order chi connectivity index (χ1) is 8.09. The Kier molecular flexibility index (Phi) is 3.99. The van der Waals surface area contributed by atoms with Crippen molar-refractivity contribution in [2.24, 2.45) is 0 Å². The van der Waals surface area contributed by atoms with Crippen molar-refractivity contribution >= 4 is 27.3 Å². The number of anilines is 1. The van der Waals surface area contributed by atoms with Crippen LogP contribution in [0.25, 0.3) is 0 Å². The molecule has 2 rings (SSSR count). The molecule has 0 bridgehead atoms. The Labute approximate surface area is 107 Å². The van der Waals surface area contributed by atoms with Crippen molar-refractivity contribution < 1.29 is 8.42 Å². The molecule has 0 aliphatic carbocycles. The van der Waals surface area contributed by atoms with Gasteiger partial charge in [0.25, 0.3) is 0 Å². The summed E-state index contributed by atoms with van der Waals surface area (Å²) in [6.07, 6.45) is 3.48. The van der Waals surface area contributed by atoms with Gasteiger partial charge in [0, 0.05) is 16.6 Å². The molecule has 17 heavy (non-hydrogen) atoms. The molecule has 1 fully saturated rings. The summed E-state index contributed by atoms with van der Waals surface area (Å²) in [5.74, 6) is 0.625. The van der Waals surface area contributed by atoms with Crippen LogP contribution in [-0.4, -0.2) is 32.2 Å². The number of hydrogen-bond donors (Lipinski definition) is 1. The van der Waals surface area contributed by atoms with Crippen LogP contribution in [0.1, 0.15) is 12.8 Å². The molecule has 1 aromatic carbocycles. The third-order valence-corrected chi connectivity index (χ3v) is 5.44. The van der Waals surface area contributed by atoms with Crippen LogP contribution in [0.5, 0.6) is 0 Å². The van der Waals surface area contributed by atoms with Gasteiger partial charge in [-0.05, 0) is 37.3 Å². The smallest absolute Gasteiger partial charge is 0.150 e. The second kappa shape index (κ2) is 5.31. The van der Waals surface area contributed by atoms with Crippen LogP contribution in [0.4, 0.5) is 5.69 Å². The van der Waals surface area contributed by atoms with Crippen LogP contribution in [-0.2, 0) is 9.84 Å². The van der Waals surface area contributed by atoms with E-state index in [1.165, 1.54) is 4.90 Å². The topological polar surface area (TPSA) is 46.2 Å². The van der Waals surface area contributed by atoms with Crippen LogP contribution < -0.4 is 5.32 Å². The Morgan fingerprint density at radius 1 is 1.29 bits per heavy atom. The monoisotopic (exact) mass is 271 g/mol. The molecule has 1 saturated heterocycles. The maximum absolute atomic E-state index is 11.3. The molecule has 1 aliphatic heterocycles. The number of sulfone groups is 1. The molecule has 5 heteroatoms. The van der Waals surface area contributed by atoms with Crippen LogP contribution in [0.15, 0.2) is 29.2 Å². The van der Waals surface area contributed by atoms with Gasteiger partial charge in [-0.1, -0.05) is 6.07 Å². The maximum atomic E-state index is 11.3. The number of nitrogens with one attached hydrogen (secondary N) is 1. The van der Waals surface area contributed by atoms with Crippen LogP contribution in [0.2, 0.25) is 0 Å². The number of rotatable bonds is 3. The van der Waals surface area contributed by atoms with E-state index in [1.54, 1.807) is 11.8 Å². The summed E-state index contributed by atoms with van der Waals surface area (Å²) in [5, 5.41) is 3.42. The molecular formula is C12H17NO2S2. The average molecular weight is 271 g/mol. The zero-order chi connectivity index (χ0) is 12.3. The van der Waals surface area contributed by atoms with E-state index in [1.807, 2.05) is 18.4 Å². The van der Waals surface area contributed by atoms with Crippen molar-refractivity contribution in [2.75, 3.05) is 23.1 Å². The maximum Gasteiger partial charge on any atom is 0.150 e. The summed E-state index contributed by atoms with van der Waals surface area (Å²) >= 11 is 1.71. The van der Waals surface area contributed by atoms with Crippen molar-refractivity contribution in [2.45, 2.75) is 23.8 Å². The molecule has 1 N–H and O–H groups in total. The van der Waals surface area contributed by atoms with E-state index in [0.717, 1.165) is 5.69 Å². The SMILES string of the molecule is CSc1cccc(NC2CCS(=O)(=O)CC2)c1. The van der Waals surface area contributed by atoms with Gasteiger partial charge in [0.05, 0.1) is 11.5 Å². The van der Waals surface area contributed by atoms with Crippen LogP contribution in [0.3, 0.4) is 0 Å². The zero-order valence-corrected chi connectivity index (χ0v) is 11.5. The van der Waals surface area contributed by atoms with E-state index in [0.29, 0.717) is 24.3 Å². The molecule has 0 radical (unpaired) electrons. The Balaban J connectivity index is 1.97. The van der Waals surface area contributed by atoms with Crippen molar-refractivity contribution in [3.05, 3.63) is 24.3 Å². The van der Waals surface area contributed by atoms with E-state index in [4.69, 9.17) is 0 Å². The van der Waals surface area contributed by atoms with Gasteiger partial charge in [-0.15, -0.1) is 11.8 Å². The zero-order valence-electron chi connectivity index (χ0n) is 9.85. The quantitative estimate of drug-likeness (QED) is 0.858. The highest BCUT2D eigenvalue weighted by Crippen LogP contribution is 2.22. The third kappa shape index (κ3) is 3.64. The molecule has 0 aromatic heterocycles. The molecule has 94 valence electrons. The molecule has 3 nitrogen and oxygen atoms in total. The van der Waals surface area contributed by atoms with Gasteiger partial charge >= 0.3 is 0 Å². The molecule has 0 saturated carbocycles. The highest BCUT2D eigenvalue weighted by atomic mass is 32.2. The summed E-state index contributed by atoms with van der Waals surface area (Å²) in [6, 6.07) is 8.52. The summed E-state index contributed by atoms with van der Waals surface area (Å²) in [5.41, 5.74) is 1.08. The summed E-state index contributed by atoms with van der Waals surface area (Å²) in [4.78, 5) is 1.22. The fourth-order valence-electron chi connectivity index (χ4n) is 1.98. The van der Waals surface area contributed by atoms with Crippen molar-refractivity contribution in [1.29, 1.82) is 0 Å². The van der Waals surface area contributed by atoms with Crippen LogP contribution >= 0.6 is 11.8 Å². The van der Waals surface area contributed by atoms with E-state index < -0.39 is 9.84 Å². The second-order valence-electron chi connectivity index (χ2n) is 4.30. The Morgan fingerprint density at radius 3 is 2.65 bits per heavy atom. The predicted octanol–water partition coefficient (Wildman–Crippen LogP) is 2.40. The number of benzene rings is 1. The molecule has 1 aliphatic rings. The molecule has 1 aromatic rings. The summed E-state index contributed by atoms with van der Waals surface area (Å²) in [6.45, 7) is 0. The third-order valence-electron chi connectivity index (χ3n) is 3.00. The lowest BCUT2D eigenvalue weighted by molar-refractivity contribution is 0.559. The lowest BCUT2D eigenvalue weighted by Gasteiger charge is -2.24. The first-order valence-corrected chi connectivity index (χ1v) is 8.75. The van der Waals surface area contributed by atoms with Gasteiger partial charge in [-0.25, -0.2) is 8.42 Å². The molecule has 0 atom stereocenters. The molecule has 0 spiro atoms. The molecular weight excluding hydrogens is 254 g/mol. The van der Waals surface area contributed by atoms with Gasteiger partial charge in [-0.2, -0.15) is 0 Å². The fraction of sp³-hybridized carbons (Fsp3) is 0.500. The van der Waals surface area contributed by atoms with E-state index in [9.17, 15) is 8.42 Å².